The summed E-state index contributed by atoms with van der Waals surface area (Å²) >= 11 is 0. The van der Waals surface area contributed by atoms with Crippen molar-refractivity contribution in [3.05, 3.63) is 95.0 Å². The van der Waals surface area contributed by atoms with Crippen molar-refractivity contribution in [3.63, 3.8) is 0 Å². The molecule has 0 spiro atoms. The normalized spacial score (nSPS) is 13.9. The molecule has 3 N–H and O–H groups in total. The van der Waals surface area contributed by atoms with Gasteiger partial charge in [0.2, 0.25) is 0 Å². The van der Waals surface area contributed by atoms with Crippen LogP contribution in [-0.2, 0) is 6.61 Å². The van der Waals surface area contributed by atoms with E-state index in [0.29, 0.717) is 23.8 Å². The molecule has 5 rings (SSSR count). The minimum Gasteiger partial charge on any atom is -0.509 e. The maximum atomic E-state index is 10.7. The van der Waals surface area contributed by atoms with Crippen LogP contribution in [0.1, 0.15) is 22.5 Å². The van der Waals surface area contributed by atoms with Gasteiger partial charge in [-0.2, -0.15) is 0 Å². The van der Waals surface area contributed by atoms with Crippen molar-refractivity contribution in [1.29, 1.82) is 5.41 Å². The van der Waals surface area contributed by atoms with E-state index < -0.39 is 0 Å². The number of anilines is 1. The molecule has 0 amide bonds. The number of ether oxygens (including phenoxy) is 1. The van der Waals surface area contributed by atoms with Gasteiger partial charge in [-0.1, -0.05) is 36.4 Å². The SMILES string of the molecule is Cc1cc2nc(C3=C(O)CN(c4cccc(OCc5ccccc5)c4)C3=N)[nH]c2cc1C. The van der Waals surface area contributed by atoms with Crippen LogP contribution < -0.4 is 9.64 Å². The van der Waals surface area contributed by atoms with E-state index in [1.165, 1.54) is 5.56 Å². The Morgan fingerprint density at radius 2 is 1.81 bits per heavy atom. The maximum Gasteiger partial charge on any atom is 0.145 e. The zero-order chi connectivity index (χ0) is 22.2. The molecule has 32 heavy (non-hydrogen) atoms. The Bertz CT molecular complexity index is 1320. The zero-order valence-electron chi connectivity index (χ0n) is 18.0. The van der Waals surface area contributed by atoms with Gasteiger partial charge in [-0.15, -0.1) is 0 Å². The van der Waals surface area contributed by atoms with Crippen LogP contribution in [0, 0.1) is 19.3 Å². The maximum absolute atomic E-state index is 10.7. The number of amidine groups is 1. The topological polar surface area (TPSA) is 85.2 Å². The molecular formula is C26H24N4O2. The molecule has 0 saturated carbocycles. The molecule has 0 saturated heterocycles. The molecule has 3 aromatic carbocycles. The third-order valence-corrected chi connectivity index (χ3v) is 5.81. The third kappa shape index (κ3) is 3.60. The highest BCUT2D eigenvalue weighted by Crippen LogP contribution is 2.32. The largest absolute Gasteiger partial charge is 0.509 e. The van der Waals surface area contributed by atoms with Gasteiger partial charge in [0, 0.05) is 11.8 Å². The summed E-state index contributed by atoms with van der Waals surface area (Å²) in [5.41, 5.74) is 6.34. The van der Waals surface area contributed by atoms with Crippen molar-refractivity contribution in [3.8, 4) is 5.75 Å². The number of fused-ring (bicyclic) bond motifs is 1. The summed E-state index contributed by atoms with van der Waals surface area (Å²) in [4.78, 5) is 9.66. The van der Waals surface area contributed by atoms with Crippen molar-refractivity contribution in [2.24, 2.45) is 0 Å². The average Bonchev–Trinajstić information content (AvgIpc) is 3.32. The number of H-pyrrole nitrogens is 1. The van der Waals surface area contributed by atoms with Crippen molar-refractivity contribution < 1.29 is 9.84 Å². The molecule has 0 aliphatic carbocycles. The first-order chi connectivity index (χ1) is 15.5. The minimum absolute atomic E-state index is 0.123. The van der Waals surface area contributed by atoms with E-state index in [4.69, 9.17) is 10.1 Å². The lowest BCUT2D eigenvalue weighted by Crippen LogP contribution is -2.26. The van der Waals surface area contributed by atoms with E-state index in [1.54, 1.807) is 4.90 Å². The molecule has 0 atom stereocenters. The Morgan fingerprint density at radius 1 is 1.03 bits per heavy atom. The molecule has 1 aliphatic heterocycles. The summed E-state index contributed by atoms with van der Waals surface area (Å²) in [7, 11) is 0. The van der Waals surface area contributed by atoms with Crippen LogP contribution in [0.3, 0.4) is 0 Å². The van der Waals surface area contributed by atoms with Crippen LogP contribution in [-0.4, -0.2) is 27.5 Å². The number of imidazole rings is 1. The smallest absolute Gasteiger partial charge is 0.145 e. The summed E-state index contributed by atoms with van der Waals surface area (Å²) in [6, 6.07) is 21.6. The summed E-state index contributed by atoms with van der Waals surface area (Å²) in [6.07, 6.45) is 0. The molecule has 6 nitrogen and oxygen atoms in total. The molecule has 0 radical (unpaired) electrons. The van der Waals surface area contributed by atoms with E-state index in [-0.39, 0.29) is 18.1 Å². The van der Waals surface area contributed by atoms with Crippen molar-refractivity contribution in [2.45, 2.75) is 20.5 Å². The monoisotopic (exact) mass is 424 g/mol. The number of aliphatic hydroxyl groups is 1. The first-order valence-electron chi connectivity index (χ1n) is 10.5. The van der Waals surface area contributed by atoms with Crippen molar-refractivity contribution >= 4 is 28.1 Å². The van der Waals surface area contributed by atoms with Gasteiger partial charge in [-0.05, 0) is 54.8 Å². The van der Waals surface area contributed by atoms with Crippen molar-refractivity contribution in [2.75, 3.05) is 11.4 Å². The van der Waals surface area contributed by atoms with Crippen LogP contribution in [0.4, 0.5) is 5.69 Å². The summed E-state index contributed by atoms with van der Waals surface area (Å²) < 4.78 is 5.94. The van der Waals surface area contributed by atoms with E-state index in [9.17, 15) is 5.11 Å². The number of aromatic nitrogens is 2. The third-order valence-electron chi connectivity index (χ3n) is 5.81. The van der Waals surface area contributed by atoms with Crippen LogP contribution >= 0.6 is 0 Å². The number of aliphatic hydroxyl groups excluding tert-OH is 1. The molecule has 1 aliphatic rings. The number of aromatic amines is 1. The molecule has 0 unspecified atom stereocenters. The average molecular weight is 425 g/mol. The standard InChI is InChI=1S/C26H24N4O2/c1-16-11-21-22(12-17(16)2)29-26(28-21)24-23(31)14-30(25(24)27)19-9-6-10-20(13-19)32-15-18-7-4-3-5-8-18/h3-13,27,31H,14-15H2,1-2H3,(H,28,29). The molecule has 0 fully saturated rings. The van der Waals surface area contributed by atoms with Gasteiger partial charge in [0.1, 0.15) is 29.8 Å². The van der Waals surface area contributed by atoms with E-state index >= 15 is 0 Å². The molecular weight excluding hydrogens is 400 g/mol. The fourth-order valence-corrected chi connectivity index (χ4v) is 3.92. The van der Waals surface area contributed by atoms with Crippen LogP contribution in [0.25, 0.3) is 16.6 Å². The molecule has 0 bridgehead atoms. The second kappa shape index (κ2) is 7.89. The molecule has 1 aromatic heterocycles. The summed E-state index contributed by atoms with van der Waals surface area (Å²) in [5, 5.41) is 19.4. The minimum atomic E-state index is 0.123. The summed E-state index contributed by atoms with van der Waals surface area (Å²) in [5.74, 6) is 1.54. The Kier molecular flexibility index (Phi) is 4.90. The van der Waals surface area contributed by atoms with E-state index in [2.05, 4.69) is 16.9 Å². The van der Waals surface area contributed by atoms with Crippen LogP contribution in [0.5, 0.6) is 5.75 Å². The fourth-order valence-electron chi connectivity index (χ4n) is 3.92. The fraction of sp³-hybridized carbons (Fsp3) is 0.154. The molecule has 6 heteroatoms. The van der Waals surface area contributed by atoms with Gasteiger partial charge in [0.25, 0.3) is 0 Å². The number of hydrogen-bond donors (Lipinski definition) is 3. The Balaban J connectivity index is 1.39. The highest BCUT2D eigenvalue weighted by Gasteiger charge is 2.31. The van der Waals surface area contributed by atoms with Crippen LogP contribution in [0.2, 0.25) is 0 Å². The van der Waals surface area contributed by atoms with Crippen molar-refractivity contribution in [1.82, 2.24) is 9.97 Å². The second-order valence-electron chi connectivity index (χ2n) is 8.07. The predicted molar refractivity (Wildman–Crippen MR) is 127 cm³/mol. The van der Waals surface area contributed by atoms with E-state index in [0.717, 1.165) is 27.8 Å². The van der Waals surface area contributed by atoms with Gasteiger partial charge in [0.05, 0.1) is 23.2 Å². The van der Waals surface area contributed by atoms with Crippen LogP contribution in [0.15, 0.2) is 72.5 Å². The van der Waals surface area contributed by atoms with Gasteiger partial charge in [-0.25, -0.2) is 4.98 Å². The zero-order valence-corrected chi connectivity index (χ0v) is 18.0. The van der Waals surface area contributed by atoms with Gasteiger partial charge >= 0.3 is 0 Å². The number of nitrogens with one attached hydrogen (secondary N) is 2. The lowest BCUT2D eigenvalue weighted by molar-refractivity contribution is 0.306. The highest BCUT2D eigenvalue weighted by molar-refractivity contribution is 6.30. The number of aryl methyl sites for hydroxylation is 2. The second-order valence-corrected chi connectivity index (χ2v) is 8.07. The predicted octanol–water partition coefficient (Wildman–Crippen LogP) is 5.53. The van der Waals surface area contributed by atoms with Gasteiger partial charge < -0.3 is 19.7 Å². The number of benzene rings is 3. The summed E-state index contributed by atoms with van der Waals surface area (Å²) in [6.45, 7) is 4.78. The number of rotatable bonds is 5. The Morgan fingerprint density at radius 3 is 2.62 bits per heavy atom. The molecule has 4 aromatic rings. The van der Waals surface area contributed by atoms with Gasteiger partial charge in [-0.3, -0.25) is 5.41 Å². The number of nitrogens with zero attached hydrogens (tertiary/aromatic N) is 2. The van der Waals surface area contributed by atoms with E-state index in [1.807, 2.05) is 73.7 Å². The quantitative estimate of drug-likeness (QED) is 0.393. The first-order valence-corrected chi connectivity index (χ1v) is 10.5. The molecule has 160 valence electrons. The van der Waals surface area contributed by atoms with Gasteiger partial charge in [0.15, 0.2) is 0 Å². The highest BCUT2D eigenvalue weighted by atomic mass is 16.5. The Hall–Kier alpha value is -4.06. The molecule has 2 heterocycles. The first kappa shape index (κ1) is 19.9. The number of hydrogen-bond acceptors (Lipinski definition) is 4. The lowest BCUT2D eigenvalue weighted by Gasteiger charge is -2.19. The lowest BCUT2D eigenvalue weighted by atomic mass is 10.1. The Labute approximate surface area is 186 Å².